The largest absolute Gasteiger partial charge is 0.348 e. The number of nitrogens with one attached hydrogen (secondary N) is 1. The van der Waals surface area contributed by atoms with E-state index in [0.29, 0.717) is 6.54 Å². The number of allylic oxidation sites excluding steroid dienone is 3. The lowest BCUT2D eigenvalue weighted by molar-refractivity contribution is -0.116. The SMILES string of the molecule is C=C(Br)CNC(=O)/C=C/C=C/CCc1ccccc1. The number of amides is 1. The molecule has 1 aromatic carbocycles. The van der Waals surface area contributed by atoms with Crippen molar-refractivity contribution in [1.29, 1.82) is 0 Å². The molecule has 0 bridgehead atoms. The Hall–Kier alpha value is -1.61. The number of benzene rings is 1. The molecule has 0 aliphatic rings. The first-order chi connectivity index (χ1) is 9.18. The fraction of sp³-hybridized carbons (Fsp3) is 0.188. The molecule has 0 spiro atoms. The molecular formula is C16H18BrNO. The van der Waals surface area contributed by atoms with Crippen LogP contribution in [0.5, 0.6) is 0 Å². The van der Waals surface area contributed by atoms with Gasteiger partial charge >= 0.3 is 0 Å². The highest BCUT2D eigenvalue weighted by Gasteiger charge is 1.93. The van der Waals surface area contributed by atoms with E-state index in [2.05, 4.69) is 46.0 Å². The van der Waals surface area contributed by atoms with Gasteiger partial charge in [0, 0.05) is 17.1 Å². The molecule has 1 rings (SSSR count). The minimum atomic E-state index is -0.117. The first-order valence-corrected chi connectivity index (χ1v) is 6.96. The maximum atomic E-state index is 11.3. The molecule has 0 aromatic heterocycles. The van der Waals surface area contributed by atoms with E-state index in [1.165, 1.54) is 11.6 Å². The molecule has 0 saturated carbocycles. The Morgan fingerprint density at radius 1 is 1.26 bits per heavy atom. The van der Waals surface area contributed by atoms with Gasteiger partial charge in [-0.05, 0) is 18.4 Å². The van der Waals surface area contributed by atoms with Crippen LogP contribution in [0.2, 0.25) is 0 Å². The molecule has 100 valence electrons. The normalized spacial score (nSPS) is 11.0. The number of carbonyl (C=O) groups excluding carboxylic acids is 1. The van der Waals surface area contributed by atoms with E-state index in [1.807, 2.05) is 24.3 Å². The lowest BCUT2D eigenvalue weighted by Gasteiger charge is -1.98. The van der Waals surface area contributed by atoms with Crippen LogP contribution in [0.4, 0.5) is 0 Å². The van der Waals surface area contributed by atoms with E-state index in [4.69, 9.17) is 0 Å². The van der Waals surface area contributed by atoms with Crippen LogP contribution in [-0.2, 0) is 11.2 Å². The minimum Gasteiger partial charge on any atom is -0.348 e. The molecule has 1 amide bonds. The molecule has 1 N–H and O–H groups in total. The molecule has 0 fully saturated rings. The van der Waals surface area contributed by atoms with Gasteiger partial charge < -0.3 is 5.32 Å². The van der Waals surface area contributed by atoms with Crippen LogP contribution >= 0.6 is 15.9 Å². The summed E-state index contributed by atoms with van der Waals surface area (Å²) in [4.78, 5) is 11.3. The highest BCUT2D eigenvalue weighted by atomic mass is 79.9. The smallest absolute Gasteiger partial charge is 0.244 e. The Kier molecular flexibility index (Phi) is 7.59. The Labute approximate surface area is 123 Å². The van der Waals surface area contributed by atoms with Crippen LogP contribution in [0, 0.1) is 0 Å². The van der Waals surface area contributed by atoms with E-state index in [0.717, 1.165) is 17.3 Å². The molecule has 2 nitrogen and oxygen atoms in total. The second-order valence-corrected chi connectivity index (χ2v) is 5.17. The summed E-state index contributed by atoms with van der Waals surface area (Å²) in [5.74, 6) is -0.117. The van der Waals surface area contributed by atoms with Gasteiger partial charge in [-0.1, -0.05) is 71.1 Å². The Balaban J connectivity index is 2.19. The van der Waals surface area contributed by atoms with Gasteiger partial charge in [-0.25, -0.2) is 0 Å². The molecule has 0 heterocycles. The van der Waals surface area contributed by atoms with Crippen molar-refractivity contribution in [3.8, 4) is 0 Å². The van der Waals surface area contributed by atoms with Gasteiger partial charge in [-0.3, -0.25) is 4.79 Å². The molecule has 0 saturated heterocycles. The predicted octanol–water partition coefficient (Wildman–Crippen LogP) is 3.76. The highest BCUT2D eigenvalue weighted by Crippen LogP contribution is 2.02. The van der Waals surface area contributed by atoms with E-state index in [1.54, 1.807) is 6.08 Å². The van der Waals surface area contributed by atoms with Gasteiger partial charge in [0.1, 0.15) is 0 Å². The molecule has 0 aliphatic heterocycles. The van der Waals surface area contributed by atoms with Crippen molar-refractivity contribution < 1.29 is 4.79 Å². The number of rotatable bonds is 7. The summed E-state index contributed by atoms with van der Waals surface area (Å²) < 4.78 is 0.757. The third-order valence-electron chi connectivity index (χ3n) is 2.39. The van der Waals surface area contributed by atoms with Crippen molar-refractivity contribution in [2.75, 3.05) is 6.54 Å². The van der Waals surface area contributed by atoms with E-state index < -0.39 is 0 Å². The average Bonchev–Trinajstić information content (AvgIpc) is 2.41. The fourth-order valence-electron chi connectivity index (χ4n) is 1.45. The standard InChI is InChI=1S/C16H18BrNO/c1-14(17)13-18-16(19)12-8-3-2-5-9-15-10-6-4-7-11-15/h2-4,6-8,10-12H,1,5,9,13H2,(H,18,19)/b3-2+,12-8+. The maximum Gasteiger partial charge on any atom is 0.244 e. The molecule has 0 atom stereocenters. The van der Waals surface area contributed by atoms with Crippen molar-refractivity contribution in [3.63, 3.8) is 0 Å². The Bertz CT molecular complexity index is 463. The zero-order valence-electron chi connectivity index (χ0n) is 10.8. The molecule has 1 aromatic rings. The van der Waals surface area contributed by atoms with Crippen molar-refractivity contribution in [1.82, 2.24) is 5.32 Å². The summed E-state index contributed by atoms with van der Waals surface area (Å²) in [7, 11) is 0. The molecule has 0 radical (unpaired) electrons. The first-order valence-electron chi connectivity index (χ1n) is 6.16. The topological polar surface area (TPSA) is 29.1 Å². The van der Waals surface area contributed by atoms with Crippen LogP contribution in [0.25, 0.3) is 0 Å². The summed E-state index contributed by atoms with van der Waals surface area (Å²) in [5, 5.41) is 2.69. The number of hydrogen-bond acceptors (Lipinski definition) is 1. The summed E-state index contributed by atoms with van der Waals surface area (Å²) in [6.45, 7) is 4.09. The van der Waals surface area contributed by atoms with Crippen LogP contribution < -0.4 is 5.32 Å². The summed E-state index contributed by atoms with van der Waals surface area (Å²) in [6.07, 6.45) is 9.19. The Morgan fingerprint density at radius 2 is 2.00 bits per heavy atom. The molecule has 0 unspecified atom stereocenters. The van der Waals surface area contributed by atoms with Gasteiger partial charge in [0.25, 0.3) is 0 Å². The second kappa shape index (κ2) is 9.34. The molecule has 0 aliphatic carbocycles. The molecular weight excluding hydrogens is 302 g/mol. The number of hydrogen-bond donors (Lipinski definition) is 1. The van der Waals surface area contributed by atoms with Crippen LogP contribution in [0.1, 0.15) is 12.0 Å². The van der Waals surface area contributed by atoms with Crippen molar-refractivity contribution in [3.05, 3.63) is 71.3 Å². The van der Waals surface area contributed by atoms with Crippen molar-refractivity contribution >= 4 is 21.8 Å². The lowest BCUT2D eigenvalue weighted by atomic mass is 10.1. The predicted molar refractivity (Wildman–Crippen MR) is 84.1 cm³/mol. The van der Waals surface area contributed by atoms with Crippen molar-refractivity contribution in [2.45, 2.75) is 12.8 Å². The van der Waals surface area contributed by atoms with Crippen LogP contribution in [-0.4, -0.2) is 12.5 Å². The summed E-state index contributed by atoms with van der Waals surface area (Å²) in [5.41, 5.74) is 1.32. The number of halogens is 1. The van der Waals surface area contributed by atoms with Gasteiger partial charge in [-0.2, -0.15) is 0 Å². The minimum absolute atomic E-state index is 0.117. The van der Waals surface area contributed by atoms with Crippen molar-refractivity contribution in [2.24, 2.45) is 0 Å². The monoisotopic (exact) mass is 319 g/mol. The molecule has 3 heteroatoms. The number of carbonyl (C=O) groups is 1. The third kappa shape index (κ3) is 8.16. The third-order valence-corrected chi connectivity index (χ3v) is 2.67. The Morgan fingerprint density at radius 3 is 2.68 bits per heavy atom. The van der Waals surface area contributed by atoms with Gasteiger partial charge in [0.15, 0.2) is 0 Å². The first kappa shape index (κ1) is 15.4. The zero-order chi connectivity index (χ0) is 13.9. The van der Waals surface area contributed by atoms with Crippen LogP contribution in [0.3, 0.4) is 0 Å². The average molecular weight is 320 g/mol. The zero-order valence-corrected chi connectivity index (χ0v) is 12.4. The number of aryl methyl sites for hydroxylation is 1. The highest BCUT2D eigenvalue weighted by molar-refractivity contribution is 9.11. The van der Waals surface area contributed by atoms with Crippen LogP contribution in [0.15, 0.2) is 65.7 Å². The lowest BCUT2D eigenvalue weighted by Crippen LogP contribution is -2.21. The second-order valence-electron chi connectivity index (χ2n) is 4.05. The van der Waals surface area contributed by atoms with Gasteiger partial charge in [-0.15, -0.1) is 0 Å². The quantitative estimate of drug-likeness (QED) is 0.601. The fourth-order valence-corrected chi connectivity index (χ4v) is 1.59. The summed E-state index contributed by atoms with van der Waals surface area (Å²) >= 11 is 3.18. The van der Waals surface area contributed by atoms with E-state index in [-0.39, 0.29) is 5.91 Å². The van der Waals surface area contributed by atoms with E-state index in [9.17, 15) is 4.79 Å². The van der Waals surface area contributed by atoms with E-state index >= 15 is 0 Å². The van der Waals surface area contributed by atoms with Gasteiger partial charge in [0.05, 0.1) is 0 Å². The van der Waals surface area contributed by atoms with Gasteiger partial charge in [0.2, 0.25) is 5.91 Å². The summed E-state index contributed by atoms with van der Waals surface area (Å²) in [6, 6.07) is 10.3. The maximum absolute atomic E-state index is 11.3. The molecule has 19 heavy (non-hydrogen) atoms.